The Morgan fingerprint density at radius 3 is 2.25 bits per heavy atom. The second kappa shape index (κ2) is 6.48. The average Bonchev–Trinajstić information content (AvgIpc) is 2.25. The molecule has 1 aliphatic heterocycles. The van der Waals surface area contributed by atoms with Gasteiger partial charge in [-0.3, -0.25) is 9.59 Å². The highest BCUT2D eigenvalue weighted by molar-refractivity contribution is 5.70. The van der Waals surface area contributed by atoms with Gasteiger partial charge in [0.2, 0.25) is 0 Å². The molecule has 0 aliphatic carbocycles. The largest absolute Gasteiger partial charge is 0.481 e. The monoisotopic (exact) mass is 229 g/mol. The highest BCUT2D eigenvalue weighted by Crippen LogP contribution is 2.17. The van der Waals surface area contributed by atoms with Crippen molar-refractivity contribution in [3.63, 3.8) is 0 Å². The molecule has 0 unspecified atom stereocenters. The molecule has 1 saturated heterocycles. The fourth-order valence-electron chi connectivity index (χ4n) is 2.02. The van der Waals surface area contributed by atoms with Crippen molar-refractivity contribution in [2.24, 2.45) is 5.92 Å². The molecule has 5 nitrogen and oxygen atoms in total. The van der Waals surface area contributed by atoms with Gasteiger partial charge in [-0.05, 0) is 45.3 Å². The van der Waals surface area contributed by atoms with Crippen molar-refractivity contribution in [1.29, 1.82) is 0 Å². The predicted octanol–water partition coefficient (Wildman–Crippen LogP) is 1.04. The maximum atomic E-state index is 10.7. The lowest BCUT2D eigenvalue weighted by Crippen LogP contribution is -2.36. The van der Waals surface area contributed by atoms with Gasteiger partial charge < -0.3 is 15.1 Å². The van der Waals surface area contributed by atoms with E-state index in [2.05, 4.69) is 4.90 Å². The number of rotatable bonds is 6. The van der Waals surface area contributed by atoms with Crippen molar-refractivity contribution in [3.05, 3.63) is 0 Å². The standard InChI is InChI=1S/C11H19NO4/c13-10(14)3-1-2-6-12-7-4-9(5-8-12)11(15)16/h9H,1-8H2,(H,13,14)(H,15,16). The number of unbranched alkanes of at least 4 members (excludes halogenated alkanes) is 1. The Morgan fingerprint density at radius 2 is 1.75 bits per heavy atom. The first-order valence-corrected chi connectivity index (χ1v) is 5.76. The topological polar surface area (TPSA) is 77.8 Å². The number of carboxylic acid groups (broad SMARTS) is 2. The molecule has 0 aromatic rings. The molecule has 1 fully saturated rings. The second-order valence-corrected chi connectivity index (χ2v) is 4.30. The zero-order valence-electron chi connectivity index (χ0n) is 9.39. The minimum Gasteiger partial charge on any atom is -0.481 e. The van der Waals surface area contributed by atoms with Gasteiger partial charge in [0.25, 0.3) is 0 Å². The zero-order valence-corrected chi connectivity index (χ0v) is 9.39. The molecule has 0 bridgehead atoms. The lowest BCUT2D eigenvalue weighted by molar-refractivity contribution is -0.143. The molecule has 2 N–H and O–H groups in total. The minimum atomic E-state index is -0.746. The lowest BCUT2D eigenvalue weighted by Gasteiger charge is -2.29. The van der Waals surface area contributed by atoms with Crippen LogP contribution in [0.5, 0.6) is 0 Å². The number of hydrogen-bond donors (Lipinski definition) is 2. The molecule has 0 spiro atoms. The Morgan fingerprint density at radius 1 is 1.12 bits per heavy atom. The molecule has 0 aromatic carbocycles. The molecule has 1 aliphatic rings. The van der Waals surface area contributed by atoms with Crippen LogP contribution in [0, 0.1) is 5.92 Å². The summed E-state index contributed by atoms with van der Waals surface area (Å²) in [5.41, 5.74) is 0. The van der Waals surface area contributed by atoms with Crippen LogP contribution in [0.2, 0.25) is 0 Å². The van der Waals surface area contributed by atoms with Crippen molar-refractivity contribution in [2.75, 3.05) is 19.6 Å². The van der Waals surface area contributed by atoms with E-state index in [0.717, 1.165) is 26.1 Å². The fourth-order valence-corrected chi connectivity index (χ4v) is 2.02. The van der Waals surface area contributed by atoms with Crippen LogP contribution in [-0.4, -0.2) is 46.7 Å². The number of piperidine rings is 1. The third kappa shape index (κ3) is 4.61. The van der Waals surface area contributed by atoms with E-state index in [1.54, 1.807) is 0 Å². The van der Waals surface area contributed by atoms with Crippen molar-refractivity contribution in [1.82, 2.24) is 4.90 Å². The maximum absolute atomic E-state index is 10.7. The van der Waals surface area contributed by atoms with Crippen LogP contribution in [0.15, 0.2) is 0 Å². The van der Waals surface area contributed by atoms with Crippen molar-refractivity contribution < 1.29 is 19.8 Å². The number of carboxylic acids is 2. The number of likely N-dealkylation sites (tertiary alicyclic amines) is 1. The molecule has 1 rings (SSSR count). The van der Waals surface area contributed by atoms with Crippen LogP contribution in [0.4, 0.5) is 0 Å². The second-order valence-electron chi connectivity index (χ2n) is 4.30. The summed E-state index contributed by atoms with van der Waals surface area (Å²) >= 11 is 0. The van der Waals surface area contributed by atoms with E-state index >= 15 is 0 Å². The summed E-state index contributed by atoms with van der Waals surface area (Å²) in [5.74, 6) is -1.62. The first kappa shape index (κ1) is 13.0. The number of nitrogens with zero attached hydrogens (tertiary/aromatic N) is 1. The molecule has 92 valence electrons. The molecule has 0 aromatic heterocycles. The molecule has 0 amide bonds. The van der Waals surface area contributed by atoms with Gasteiger partial charge in [0, 0.05) is 6.42 Å². The van der Waals surface area contributed by atoms with E-state index in [0.29, 0.717) is 19.3 Å². The third-order valence-electron chi connectivity index (χ3n) is 3.05. The van der Waals surface area contributed by atoms with E-state index < -0.39 is 11.9 Å². The van der Waals surface area contributed by atoms with E-state index in [4.69, 9.17) is 10.2 Å². The van der Waals surface area contributed by atoms with Gasteiger partial charge in [-0.1, -0.05) is 0 Å². The Kier molecular flexibility index (Phi) is 5.25. The molecular formula is C11H19NO4. The maximum Gasteiger partial charge on any atom is 0.306 e. The van der Waals surface area contributed by atoms with Gasteiger partial charge in [-0.2, -0.15) is 0 Å². The Labute approximate surface area is 95.1 Å². The lowest BCUT2D eigenvalue weighted by atomic mass is 9.97. The summed E-state index contributed by atoms with van der Waals surface area (Å²) < 4.78 is 0. The summed E-state index contributed by atoms with van der Waals surface area (Å²) in [6, 6.07) is 0. The van der Waals surface area contributed by atoms with Crippen molar-refractivity contribution in [3.8, 4) is 0 Å². The smallest absolute Gasteiger partial charge is 0.306 e. The first-order valence-electron chi connectivity index (χ1n) is 5.76. The molecule has 5 heteroatoms. The zero-order chi connectivity index (χ0) is 12.0. The third-order valence-corrected chi connectivity index (χ3v) is 3.05. The summed E-state index contributed by atoms with van der Waals surface area (Å²) in [6.45, 7) is 2.54. The SMILES string of the molecule is O=C(O)CCCCN1CCC(C(=O)O)CC1. The number of hydrogen-bond acceptors (Lipinski definition) is 3. The Balaban J connectivity index is 2.08. The number of aliphatic carboxylic acids is 2. The van der Waals surface area contributed by atoms with E-state index in [9.17, 15) is 9.59 Å². The Hall–Kier alpha value is -1.10. The van der Waals surface area contributed by atoms with E-state index in [-0.39, 0.29) is 12.3 Å². The summed E-state index contributed by atoms with van der Waals surface area (Å²) in [6.07, 6.45) is 3.24. The van der Waals surface area contributed by atoms with E-state index in [1.165, 1.54) is 0 Å². The Bertz CT molecular complexity index is 246. The van der Waals surface area contributed by atoms with E-state index in [1.807, 2.05) is 0 Å². The van der Waals surface area contributed by atoms with Gasteiger partial charge in [-0.25, -0.2) is 0 Å². The normalized spacial score (nSPS) is 18.5. The quantitative estimate of drug-likeness (QED) is 0.665. The molecule has 0 saturated carbocycles. The minimum absolute atomic E-state index is 0.185. The molecule has 0 radical (unpaired) electrons. The van der Waals surface area contributed by atoms with Crippen molar-refractivity contribution in [2.45, 2.75) is 32.1 Å². The van der Waals surface area contributed by atoms with Crippen LogP contribution in [-0.2, 0) is 9.59 Å². The summed E-state index contributed by atoms with van der Waals surface area (Å²) in [5, 5.41) is 17.3. The first-order chi connectivity index (χ1) is 7.59. The molecule has 0 atom stereocenters. The predicted molar refractivity (Wildman–Crippen MR) is 58.3 cm³/mol. The van der Waals surface area contributed by atoms with Gasteiger partial charge in [0.05, 0.1) is 5.92 Å². The van der Waals surface area contributed by atoms with Gasteiger partial charge >= 0.3 is 11.9 Å². The molecule has 16 heavy (non-hydrogen) atoms. The number of carbonyl (C=O) groups is 2. The molecule has 1 heterocycles. The summed E-state index contributed by atoms with van der Waals surface area (Å²) in [7, 11) is 0. The fraction of sp³-hybridized carbons (Fsp3) is 0.818. The average molecular weight is 229 g/mol. The summed E-state index contributed by atoms with van der Waals surface area (Å²) in [4.78, 5) is 23.2. The van der Waals surface area contributed by atoms with Crippen LogP contribution in [0.1, 0.15) is 32.1 Å². The van der Waals surface area contributed by atoms with Crippen LogP contribution < -0.4 is 0 Å². The highest BCUT2D eigenvalue weighted by Gasteiger charge is 2.23. The van der Waals surface area contributed by atoms with Gasteiger partial charge in [0.15, 0.2) is 0 Å². The van der Waals surface area contributed by atoms with Crippen LogP contribution in [0.3, 0.4) is 0 Å². The van der Waals surface area contributed by atoms with Crippen LogP contribution >= 0.6 is 0 Å². The molecular weight excluding hydrogens is 210 g/mol. The van der Waals surface area contributed by atoms with Gasteiger partial charge in [0.1, 0.15) is 0 Å². The van der Waals surface area contributed by atoms with Gasteiger partial charge in [-0.15, -0.1) is 0 Å². The highest BCUT2D eigenvalue weighted by atomic mass is 16.4. The van der Waals surface area contributed by atoms with Crippen LogP contribution in [0.25, 0.3) is 0 Å². The van der Waals surface area contributed by atoms with Crippen molar-refractivity contribution >= 4 is 11.9 Å².